The number of benzene rings is 2. The topological polar surface area (TPSA) is 18.5 Å². The minimum atomic E-state index is 0.435. The van der Waals surface area contributed by atoms with Crippen molar-refractivity contribution in [1.82, 2.24) is 0 Å². The number of hydrogen-bond acceptors (Lipinski definition) is 2. The van der Waals surface area contributed by atoms with E-state index in [0.29, 0.717) is 6.61 Å². The summed E-state index contributed by atoms with van der Waals surface area (Å²) < 4.78 is 11.8. The zero-order valence-corrected chi connectivity index (χ0v) is 13.1. The molecule has 0 aliphatic rings. The van der Waals surface area contributed by atoms with Gasteiger partial charge in [-0.1, -0.05) is 23.7 Å². The Morgan fingerprint density at radius 1 is 1.16 bits per heavy atom. The second-order valence-electron chi connectivity index (χ2n) is 4.18. The Morgan fingerprint density at radius 2 is 1.95 bits per heavy atom. The van der Waals surface area contributed by atoms with E-state index in [1.165, 1.54) is 0 Å². The summed E-state index contributed by atoms with van der Waals surface area (Å²) in [5.41, 5.74) is 2.11. The molecule has 19 heavy (non-hydrogen) atoms. The van der Waals surface area contributed by atoms with E-state index < -0.39 is 0 Å². The highest BCUT2D eigenvalue weighted by atomic mass is 79.9. The molecular weight excluding hydrogens is 328 g/mol. The normalized spacial score (nSPS) is 10.3. The quantitative estimate of drug-likeness (QED) is 0.779. The molecule has 0 amide bonds. The standard InChI is InChI=1S/C15H14BrClO2/c1-10-3-4-11(14(17)7-10)9-19-15-6-5-12(18-2)8-13(15)16/h3-8H,9H2,1-2H3. The van der Waals surface area contributed by atoms with Crippen LogP contribution < -0.4 is 9.47 Å². The van der Waals surface area contributed by atoms with Gasteiger partial charge in [0.05, 0.1) is 11.6 Å². The van der Waals surface area contributed by atoms with Gasteiger partial charge >= 0.3 is 0 Å². The highest BCUT2D eigenvalue weighted by molar-refractivity contribution is 9.10. The highest BCUT2D eigenvalue weighted by Crippen LogP contribution is 2.30. The Balaban J connectivity index is 2.10. The lowest BCUT2D eigenvalue weighted by atomic mass is 10.1. The summed E-state index contributed by atoms with van der Waals surface area (Å²) in [5.74, 6) is 1.55. The monoisotopic (exact) mass is 340 g/mol. The zero-order valence-electron chi connectivity index (χ0n) is 10.7. The largest absolute Gasteiger partial charge is 0.497 e. The lowest BCUT2D eigenvalue weighted by Crippen LogP contribution is -1.97. The molecule has 0 N–H and O–H groups in total. The Hall–Kier alpha value is -1.19. The number of ether oxygens (including phenoxy) is 2. The molecule has 0 saturated carbocycles. The molecule has 0 fully saturated rings. The Bertz CT molecular complexity index is 584. The summed E-state index contributed by atoms with van der Waals surface area (Å²) in [4.78, 5) is 0. The van der Waals surface area contributed by atoms with Crippen LogP contribution in [-0.2, 0) is 6.61 Å². The van der Waals surface area contributed by atoms with Gasteiger partial charge in [0.25, 0.3) is 0 Å². The first-order valence-corrected chi connectivity index (χ1v) is 6.98. The molecule has 2 aromatic rings. The summed E-state index contributed by atoms with van der Waals surface area (Å²) in [7, 11) is 1.63. The molecule has 4 heteroatoms. The molecular formula is C15H14BrClO2. The minimum absolute atomic E-state index is 0.435. The first-order chi connectivity index (χ1) is 9.10. The maximum atomic E-state index is 6.17. The van der Waals surface area contributed by atoms with Gasteiger partial charge in [-0.25, -0.2) is 0 Å². The van der Waals surface area contributed by atoms with E-state index in [1.54, 1.807) is 7.11 Å². The molecule has 0 bridgehead atoms. The molecule has 0 spiro atoms. The summed E-state index contributed by atoms with van der Waals surface area (Å²) in [6.45, 7) is 2.45. The van der Waals surface area contributed by atoms with Gasteiger partial charge < -0.3 is 9.47 Å². The first-order valence-electron chi connectivity index (χ1n) is 5.81. The van der Waals surface area contributed by atoms with E-state index in [9.17, 15) is 0 Å². The summed E-state index contributed by atoms with van der Waals surface area (Å²) in [6, 6.07) is 11.5. The zero-order chi connectivity index (χ0) is 13.8. The molecule has 0 aliphatic carbocycles. The van der Waals surface area contributed by atoms with Crippen LogP contribution in [0.1, 0.15) is 11.1 Å². The van der Waals surface area contributed by atoms with E-state index in [4.69, 9.17) is 21.1 Å². The Kier molecular flexibility index (Phi) is 4.72. The van der Waals surface area contributed by atoms with Crippen LogP contribution in [0.3, 0.4) is 0 Å². The van der Waals surface area contributed by atoms with E-state index >= 15 is 0 Å². The van der Waals surface area contributed by atoms with Crippen LogP contribution in [-0.4, -0.2) is 7.11 Å². The smallest absolute Gasteiger partial charge is 0.134 e. The number of hydrogen-bond donors (Lipinski definition) is 0. The molecule has 2 rings (SSSR count). The van der Waals surface area contributed by atoms with Gasteiger partial charge in [0, 0.05) is 10.6 Å². The van der Waals surface area contributed by atoms with Crippen LogP contribution in [0.25, 0.3) is 0 Å². The third-order valence-corrected chi connectivity index (χ3v) is 3.70. The molecule has 0 aromatic heterocycles. The number of methoxy groups -OCH3 is 1. The summed E-state index contributed by atoms with van der Waals surface area (Å²) in [6.07, 6.45) is 0. The maximum absolute atomic E-state index is 6.17. The fraction of sp³-hybridized carbons (Fsp3) is 0.200. The molecule has 2 aromatic carbocycles. The molecule has 0 aliphatic heterocycles. The first kappa shape index (κ1) is 14.2. The van der Waals surface area contributed by atoms with E-state index in [2.05, 4.69) is 15.9 Å². The molecule has 2 nitrogen and oxygen atoms in total. The predicted molar refractivity (Wildman–Crippen MR) is 81.2 cm³/mol. The SMILES string of the molecule is COc1ccc(OCc2ccc(C)cc2Cl)c(Br)c1. The van der Waals surface area contributed by atoms with Crippen LogP contribution in [0.15, 0.2) is 40.9 Å². The van der Waals surface area contributed by atoms with Crippen LogP contribution in [0.5, 0.6) is 11.5 Å². The molecule has 0 unspecified atom stereocenters. The Morgan fingerprint density at radius 3 is 2.58 bits per heavy atom. The van der Waals surface area contributed by atoms with Crippen molar-refractivity contribution >= 4 is 27.5 Å². The van der Waals surface area contributed by atoms with Gasteiger partial charge in [-0.05, 0) is 52.7 Å². The molecule has 0 atom stereocenters. The fourth-order valence-corrected chi connectivity index (χ4v) is 2.41. The second-order valence-corrected chi connectivity index (χ2v) is 5.44. The third kappa shape index (κ3) is 3.64. The third-order valence-electron chi connectivity index (χ3n) is 2.73. The molecule has 0 heterocycles. The molecule has 0 radical (unpaired) electrons. The van der Waals surface area contributed by atoms with Crippen molar-refractivity contribution < 1.29 is 9.47 Å². The number of rotatable bonds is 4. The highest BCUT2D eigenvalue weighted by Gasteiger charge is 2.05. The van der Waals surface area contributed by atoms with Crippen molar-refractivity contribution in [2.45, 2.75) is 13.5 Å². The van der Waals surface area contributed by atoms with Gasteiger partial charge in [-0.2, -0.15) is 0 Å². The van der Waals surface area contributed by atoms with Gasteiger partial charge in [0.2, 0.25) is 0 Å². The van der Waals surface area contributed by atoms with Crippen LogP contribution in [0, 0.1) is 6.92 Å². The van der Waals surface area contributed by atoms with Crippen molar-refractivity contribution in [1.29, 1.82) is 0 Å². The lowest BCUT2D eigenvalue weighted by Gasteiger charge is -2.11. The van der Waals surface area contributed by atoms with Gasteiger partial charge in [0.15, 0.2) is 0 Å². The van der Waals surface area contributed by atoms with Crippen molar-refractivity contribution in [3.63, 3.8) is 0 Å². The predicted octanol–water partition coefficient (Wildman–Crippen LogP) is 5.00. The van der Waals surface area contributed by atoms with Gasteiger partial charge in [-0.3, -0.25) is 0 Å². The lowest BCUT2D eigenvalue weighted by molar-refractivity contribution is 0.303. The van der Waals surface area contributed by atoms with Crippen LogP contribution in [0.4, 0.5) is 0 Å². The molecule has 100 valence electrons. The van der Waals surface area contributed by atoms with Gasteiger partial charge in [-0.15, -0.1) is 0 Å². The van der Waals surface area contributed by atoms with Crippen molar-refractivity contribution in [2.75, 3.05) is 7.11 Å². The van der Waals surface area contributed by atoms with Crippen molar-refractivity contribution in [3.8, 4) is 11.5 Å². The average molecular weight is 342 g/mol. The van der Waals surface area contributed by atoms with Crippen LogP contribution >= 0.6 is 27.5 Å². The maximum Gasteiger partial charge on any atom is 0.134 e. The molecule has 0 saturated heterocycles. The Labute approximate surface area is 126 Å². The summed E-state index contributed by atoms with van der Waals surface area (Å²) >= 11 is 9.63. The fourth-order valence-electron chi connectivity index (χ4n) is 1.65. The number of aryl methyl sites for hydroxylation is 1. The minimum Gasteiger partial charge on any atom is -0.497 e. The number of halogens is 2. The average Bonchev–Trinajstić information content (AvgIpc) is 2.39. The summed E-state index contributed by atoms with van der Waals surface area (Å²) in [5, 5.41) is 0.727. The van der Waals surface area contributed by atoms with E-state index in [0.717, 1.165) is 32.1 Å². The van der Waals surface area contributed by atoms with Crippen molar-refractivity contribution in [3.05, 3.63) is 57.0 Å². The van der Waals surface area contributed by atoms with Crippen LogP contribution in [0.2, 0.25) is 5.02 Å². The van der Waals surface area contributed by atoms with E-state index in [-0.39, 0.29) is 0 Å². The van der Waals surface area contributed by atoms with Crippen molar-refractivity contribution in [2.24, 2.45) is 0 Å². The second kappa shape index (κ2) is 6.31. The van der Waals surface area contributed by atoms with E-state index in [1.807, 2.05) is 43.3 Å². The van der Waals surface area contributed by atoms with Gasteiger partial charge in [0.1, 0.15) is 18.1 Å².